The average molecular weight is 277 g/mol. The van der Waals surface area contributed by atoms with E-state index in [1.165, 1.54) is 19.3 Å². The predicted octanol–water partition coefficient (Wildman–Crippen LogP) is 1.86. The second kappa shape index (κ2) is 5.43. The number of anilines is 1. The minimum atomic E-state index is 0.359. The van der Waals surface area contributed by atoms with Crippen LogP contribution in [-0.2, 0) is 4.74 Å². The summed E-state index contributed by atoms with van der Waals surface area (Å²) in [6, 6.07) is 4.32. The molecule has 1 aliphatic carbocycles. The van der Waals surface area contributed by atoms with E-state index in [-0.39, 0.29) is 0 Å². The van der Waals surface area contributed by atoms with E-state index in [1.807, 2.05) is 12.1 Å². The van der Waals surface area contributed by atoms with Crippen molar-refractivity contribution in [1.29, 1.82) is 0 Å². The van der Waals surface area contributed by atoms with Crippen molar-refractivity contribution >= 4 is 23.0 Å². The van der Waals surface area contributed by atoms with Crippen LogP contribution in [0, 0.1) is 0 Å². The fourth-order valence-electron chi connectivity index (χ4n) is 3.11. The van der Waals surface area contributed by atoms with Crippen LogP contribution in [0.1, 0.15) is 31.2 Å². The number of nitrogens with zero attached hydrogens (tertiary/aromatic N) is 2. The summed E-state index contributed by atoms with van der Waals surface area (Å²) in [5.41, 5.74) is 6.59. The SMILES string of the molecule is NC(=S)c1ccnc(N2CCOC3CCCCC32)c1. The monoisotopic (exact) mass is 277 g/mol. The summed E-state index contributed by atoms with van der Waals surface area (Å²) in [4.78, 5) is 7.29. The Balaban J connectivity index is 1.87. The first-order valence-electron chi connectivity index (χ1n) is 6.90. The molecular formula is C14H19N3OS. The Labute approximate surface area is 118 Å². The van der Waals surface area contributed by atoms with E-state index in [9.17, 15) is 0 Å². The first-order chi connectivity index (χ1) is 9.25. The standard InChI is InChI=1S/C14H19N3OS/c15-14(19)10-5-6-16-13(9-10)17-7-8-18-12-4-2-1-3-11(12)17/h5-6,9,11-12H,1-4,7-8H2,(H2,15,19). The maximum Gasteiger partial charge on any atom is 0.129 e. The molecule has 1 aromatic heterocycles. The van der Waals surface area contributed by atoms with E-state index in [1.54, 1.807) is 6.20 Å². The fourth-order valence-corrected chi connectivity index (χ4v) is 3.24. The number of fused-ring (bicyclic) bond motifs is 1. The summed E-state index contributed by atoms with van der Waals surface area (Å²) in [5, 5.41) is 0. The molecule has 1 saturated heterocycles. The molecule has 0 aromatic carbocycles. The van der Waals surface area contributed by atoms with Gasteiger partial charge in [-0.25, -0.2) is 4.98 Å². The highest BCUT2D eigenvalue weighted by Gasteiger charge is 2.34. The van der Waals surface area contributed by atoms with E-state index in [0.717, 1.165) is 31.0 Å². The Morgan fingerprint density at radius 3 is 3.11 bits per heavy atom. The summed E-state index contributed by atoms with van der Waals surface area (Å²) in [6.45, 7) is 1.68. The number of nitrogens with two attached hydrogens (primary N) is 1. The Morgan fingerprint density at radius 2 is 2.26 bits per heavy atom. The first kappa shape index (κ1) is 12.8. The van der Waals surface area contributed by atoms with E-state index in [2.05, 4.69) is 9.88 Å². The van der Waals surface area contributed by atoms with E-state index < -0.39 is 0 Å². The Kier molecular flexibility index (Phi) is 3.66. The Bertz CT molecular complexity index is 478. The molecule has 2 fully saturated rings. The van der Waals surface area contributed by atoms with Gasteiger partial charge in [0.25, 0.3) is 0 Å². The smallest absolute Gasteiger partial charge is 0.129 e. The molecule has 2 heterocycles. The average Bonchev–Trinajstić information content (AvgIpc) is 2.47. The van der Waals surface area contributed by atoms with Crippen molar-refractivity contribution < 1.29 is 4.74 Å². The molecule has 0 amide bonds. The summed E-state index contributed by atoms with van der Waals surface area (Å²) in [6.07, 6.45) is 7.04. The third-order valence-corrected chi connectivity index (χ3v) is 4.29. The molecular weight excluding hydrogens is 258 g/mol. The molecule has 2 atom stereocenters. The van der Waals surface area contributed by atoms with Gasteiger partial charge in [0.2, 0.25) is 0 Å². The quantitative estimate of drug-likeness (QED) is 0.836. The van der Waals surface area contributed by atoms with Crippen molar-refractivity contribution in [2.24, 2.45) is 5.73 Å². The fraction of sp³-hybridized carbons (Fsp3) is 0.571. The molecule has 0 bridgehead atoms. The first-order valence-corrected chi connectivity index (χ1v) is 7.30. The summed E-state index contributed by atoms with van der Waals surface area (Å²) >= 11 is 5.04. The van der Waals surface area contributed by atoms with Crippen LogP contribution in [0.2, 0.25) is 0 Å². The third kappa shape index (κ3) is 2.58. The van der Waals surface area contributed by atoms with Crippen molar-refractivity contribution in [3.8, 4) is 0 Å². The molecule has 102 valence electrons. The van der Waals surface area contributed by atoms with Gasteiger partial charge in [-0.1, -0.05) is 25.1 Å². The number of ether oxygens (including phenoxy) is 1. The predicted molar refractivity (Wildman–Crippen MR) is 79.5 cm³/mol. The van der Waals surface area contributed by atoms with Gasteiger partial charge in [-0.3, -0.25) is 0 Å². The molecule has 5 heteroatoms. The Morgan fingerprint density at radius 1 is 1.42 bits per heavy atom. The van der Waals surface area contributed by atoms with Crippen LogP contribution >= 0.6 is 12.2 Å². The largest absolute Gasteiger partial charge is 0.389 e. The van der Waals surface area contributed by atoms with Gasteiger partial charge < -0.3 is 15.4 Å². The summed E-state index contributed by atoms with van der Waals surface area (Å²) in [7, 11) is 0. The highest BCUT2D eigenvalue weighted by molar-refractivity contribution is 7.80. The summed E-state index contributed by atoms with van der Waals surface area (Å²) in [5.74, 6) is 0.977. The molecule has 1 saturated carbocycles. The maximum absolute atomic E-state index is 5.89. The van der Waals surface area contributed by atoms with Crippen LogP contribution < -0.4 is 10.6 Å². The van der Waals surface area contributed by atoms with Crippen molar-refractivity contribution in [1.82, 2.24) is 4.98 Å². The van der Waals surface area contributed by atoms with Crippen LogP contribution in [0.3, 0.4) is 0 Å². The molecule has 1 aromatic rings. The zero-order chi connectivity index (χ0) is 13.2. The maximum atomic E-state index is 5.89. The van der Waals surface area contributed by atoms with Gasteiger partial charge in [-0.05, 0) is 25.0 Å². The molecule has 1 aliphatic heterocycles. The number of hydrogen-bond acceptors (Lipinski definition) is 4. The highest BCUT2D eigenvalue weighted by atomic mass is 32.1. The summed E-state index contributed by atoms with van der Waals surface area (Å²) < 4.78 is 5.89. The number of pyridine rings is 1. The lowest BCUT2D eigenvalue weighted by molar-refractivity contribution is -0.00898. The van der Waals surface area contributed by atoms with Gasteiger partial charge in [0.1, 0.15) is 10.8 Å². The molecule has 0 spiro atoms. The molecule has 2 unspecified atom stereocenters. The minimum absolute atomic E-state index is 0.359. The van der Waals surface area contributed by atoms with Crippen molar-refractivity contribution in [2.75, 3.05) is 18.1 Å². The van der Waals surface area contributed by atoms with Crippen LogP contribution in [-0.4, -0.2) is 35.3 Å². The van der Waals surface area contributed by atoms with Crippen molar-refractivity contribution in [3.63, 3.8) is 0 Å². The van der Waals surface area contributed by atoms with Crippen LogP contribution in [0.4, 0.5) is 5.82 Å². The second-order valence-corrected chi connectivity index (χ2v) is 5.66. The van der Waals surface area contributed by atoms with Gasteiger partial charge in [-0.2, -0.15) is 0 Å². The van der Waals surface area contributed by atoms with Gasteiger partial charge >= 0.3 is 0 Å². The van der Waals surface area contributed by atoms with Crippen molar-refractivity contribution in [3.05, 3.63) is 23.9 Å². The lowest BCUT2D eigenvalue weighted by atomic mass is 9.90. The lowest BCUT2D eigenvalue weighted by Crippen LogP contribution is -2.53. The third-order valence-electron chi connectivity index (χ3n) is 4.06. The molecule has 4 nitrogen and oxygen atoms in total. The molecule has 2 N–H and O–H groups in total. The van der Waals surface area contributed by atoms with Crippen molar-refractivity contribution in [2.45, 2.75) is 37.8 Å². The number of thiocarbonyl (C=S) groups is 1. The topological polar surface area (TPSA) is 51.4 Å². The second-order valence-electron chi connectivity index (χ2n) is 5.22. The van der Waals surface area contributed by atoms with Gasteiger partial charge in [0.15, 0.2) is 0 Å². The molecule has 0 radical (unpaired) electrons. The van der Waals surface area contributed by atoms with Gasteiger partial charge in [0.05, 0.1) is 18.8 Å². The number of aromatic nitrogens is 1. The highest BCUT2D eigenvalue weighted by Crippen LogP contribution is 2.31. The molecule has 3 rings (SSSR count). The van der Waals surface area contributed by atoms with Crippen LogP contribution in [0.5, 0.6) is 0 Å². The minimum Gasteiger partial charge on any atom is -0.389 e. The number of morpholine rings is 1. The zero-order valence-corrected chi connectivity index (χ0v) is 11.7. The molecule has 2 aliphatic rings. The number of hydrogen-bond donors (Lipinski definition) is 1. The van der Waals surface area contributed by atoms with E-state index >= 15 is 0 Å². The normalized spacial score (nSPS) is 26.8. The lowest BCUT2D eigenvalue weighted by Gasteiger charge is -2.44. The van der Waals surface area contributed by atoms with E-state index in [4.69, 9.17) is 22.7 Å². The zero-order valence-electron chi connectivity index (χ0n) is 10.9. The number of rotatable bonds is 2. The van der Waals surface area contributed by atoms with Crippen LogP contribution in [0.15, 0.2) is 18.3 Å². The van der Waals surface area contributed by atoms with Gasteiger partial charge in [-0.15, -0.1) is 0 Å². The molecule has 19 heavy (non-hydrogen) atoms. The Hall–Kier alpha value is -1.20. The van der Waals surface area contributed by atoms with Gasteiger partial charge in [0, 0.05) is 18.3 Å². The van der Waals surface area contributed by atoms with Crippen LogP contribution in [0.25, 0.3) is 0 Å². The van der Waals surface area contributed by atoms with E-state index in [0.29, 0.717) is 17.1 Å².